The van der Waals surface area contributed by atoms with Crippen LogP contribution in [0.5, 0.6) is 0 Å². The van der Waals surface area contributed by atoms with E-state index in [1.807, 2.05) is 6.07 Å². The van der Waals surface area contributed by atoms with E-state index in [0.717, 1.165) is 23.5 Å². The van der Waals surface area contributed by atoms with E-state index in [1.165, 1.54) is 4.70 Å². The average molecular weight is 269 g/mol. The van der Waals surface area contributed by atoms with Gasteiger partial charge in [0.05, 0.1) is 10.2 Å². The Hall–Kier alpha value is -0.640. The molecule has 2 nitrogen and oxygen atoms in total. The van der Waals surface area contributed by atoms with Crippen LogP contribution in [0.25, 0.3) is 10.2 Å². The van der Waals surface area contributed by atoms with E-state index in [9.17, 15) is 0 Å². The van der Waals surface area contributed by atoms with Crippen molar-refractivity contribution in [3.05, 3.63) is 29.3 Å². The van der Waals surface area contributed by atoms with Gasteiger partial charge in [-0.3, -0.25) is 0 Å². The summed E-state index contributed by atoms with van der Waals surface area (Å²) >= 11 is 7.53. The van der Waals surface area contributed by atoms with Crippen molar-refractivity contribution in [1.82, 2.24) is 10.3 Å². The van der Waals surface area contributed by atoms with Crippen LogP contribution >= 0.6 is 22.9 Å². The molecule has 0 spiro atoms. The molecule has 0 radical (unpaired) electrons. The van der Waals surface area contributed by atoms with Gasteiger partial charge in [-0.25, -0.2) is 4.98 Å². The van der Waals surface area contributed by atoms with Crippen LogP contribution in [0, 0.1) is 0 Å². The number of aromatic nitrogens is 1. The number of benzene rings is 1. The lowest BCUT2D eigenvalue weighted by Crippen LogP contribution is -2.38. The number of rotatable bonds is 5. The molecule has 2 rings (SSSR count). The van der Waals surface area contributed by atoms with Gasteiger partial charge in [0.15, 0.2) is 0 Å². The molecule has 0 saturated heterocycles. The molecule has 92 valence electrons. The fourth-order valence-corrected chi connectivity index (χ4v) is 3.01. The average Bonchev–Trinajstić information content (AvgIpc) is 2.69. The minimum Gasteiger partial charge on any atom is -0.305 e. The predicted octanol–water partition coefficient (Wildman–Crippen LogP) is 3.79. The Balaban J connectivity index is 2.04. The van der Waals surface area contributed by atoms with Crippen LogP contribution < -0.4 is 5.32 Å². The third kappa shape index (κ3) is 3.41. The topological polar surface area (TPSA) is 24.9 Å². The molecule has 4 heteroatoms. The highest BCUT2D eigenvalue weighted by atomic mass is 35.5. The smallest absolute Gasteiger partial charge is 0.108 e. The van der Waals surface area contributed by atoms with Crippen LogP contribution in [-0.4, -0.2) is 16.4 Å². The second kappa shape index (κ2) is 5.34. The van der Waals surface area contributed by atoms with Crippen molar-refractivity contribution in [2.45, 2.75) is 32.4 Å². The maximum atomic E-state index is 5.78. The van der Waals surface area contributed by atoms with Gasteiger partial charge in [-0.2, -0.15) is 0 Å². The predicted molar refractivity (Wildman–Crippen MR) is 75.9 cm³/mol. The summed E-state index contributed by atoms with van der Waals surface area (Å²) in [5.74, 6) is 0.680. The van der Waals surface area contributed by atoms with Crippen LogP contribution in [0.1, 0.15) is 25.3 Å². The molecule has 1 N–H and O–H groups in total. The third-order valence-electron chi connectivity index (χ3n) is 2.78. The molecule has 0 unspecified atom stereocenters. The summed E-state index contributed by atoms with van der Waals surface area (Å²) in [7, 11) is 0. The molecular formula is C13H17ClN2S. The lowest BCUT2D eigenvalue weighted by molar-refractivity contribution is 0.376. The van der Waals surface area contributed by atoms with Crippen molar-refractivity contribution >= 4 is 33.2 Å². The van der Waals surface area contributed by atoms with Gasteiger partial charge in [-0.15, -0.1) is 22.9 Å². The van der Waals surface area contributed by atoms with Crippen molar-refractivity contribution in [3.8, 4) is 0 Å². The van der Waals surface area contributed by atoms with Crippen LogP contribution in [0.4, 0.5) is 0 Å². The van der Waals surface area contributed by atoms with Gasteiger partial charge in [0.2, 0.25) is 0 Å². The van der Waals surface area contributed by atoms with Gasteiger partial charge in [-0.05, 0) is 32.4 Å². The van der Waals surface area contributed by atoms with Crippen molar-refractivity contribution in [1.29, 1.82) is 0 Å². The van der Waals surface area contributed by atoms with Crippen molar-refractivity contribution in [2.24, 2.45) is 0 Å². The molecule has 0 atom stereocenters. The van der Waals surface area contributed by atoms with Gasteiger partial charge in [-0.1, -0.05) is 12.1 Å². The molecule has 0 aliphatic heterocycles. The van der Waals surface area contributed by atoms with E-state index in [0.29, 0.717) is 5.88 Å². The Morgan fingerprint density at radius 3 is 2.82 bits per heavy atom. The second-order valence-corrected chi connectivity index (χ2v) is 6.24. The molecule has 0 fully saturated rings. The number of halogens is 1. The number of alkyl halides is 1. The summed E-state index contributed by atoms with van der Waals surface area (Å²) in [5, 5.41) is 4.63. The van der Waals surface area contributed by atoms with Crippen LogP contribution in [0.15, 0.2) is 24.3 Å². The van der Waals surface area contributed by atoms with Gasteiger partial charge in [0.25, 0.3) is 0 Å². The first kappa shape index (κ1) is 12.8. The first-order valence-electron chi connectivity index (χ1n) is 5.76. The number of nitrogens with zero attached hydrogens (tertiary/aromatic N) is 1. The summed E-state index contributed by atoms with van der Waals surface area (Å²) in [6.07, 6.45) is 0.958. The number of hydrogen-bond acceptors (Lipinski definition) is 3. The molecule has 17 heavy (non-hydrogen) atoms. The van der Waals surface area contributed by atoms with Crippen LogP contribution in [0.2, 0.25) is 0 Å². The summed E-state index contributed by atoms with van der Waals surface area (Å²) in [6, 6.07) is 8.24. The van der Waals surface area contributed by atoms with E-state index < -0.39 is 0 Å². The van der Waals surface area contributed by atoms with Gasteiger partial charge >= 0.3 is 0 Å². The first-order valence-corrected chi connectivity index (χ1v) is 7.11. The Morgan fingerprint density at radius 2 is 2.12 bits per heavy atom. The summed E-state index contributed by atoms with van der Waals surface area (Å²) in [6.45, 7) is 5.15. The monoisotopic (exact) mass is 268 g/mol. The molecule has 2 aromatic rings. The van der Waals surface area contributed by atoms with Crippen LogP contribution in [-0.2, 0) is 6.54 Å². The largest absolute Gasteiger partial charge is 0.305 e. The van der Waals surface area contributed by atoms with Crippen LogP contribution in [0.3, 0.4) is 0 Å². The minimum atomic E-state index is 0.0691. The normalized spacial score (nSPS) is 12.2. The Labute approximate surface area is 111 Å². The molecule has 0 bridgehead atoms. The fraction of sp³-hybridized carbons (Fsp3) is 0.462. The van der Waals surface area contributed by atoms with Crippen molar-refractivity contribution in [3.63, 3.8) is 0 Å². The molecule has 0 saturated carbocycles. The zero-order chi connectivity index (χ0) is 12.3. The van der Waals surface area contributed by atoms with E-state index >= 15 is 0 Å². The molecular weight excluding hydrogens is 252 g/mol. The lowest BCUT2D eigenvalue weighted by atomic mass is 10.0. The van der Waals surface area contributed by atoms with Gasteiger partial charge in [0, 0.05) is 18.0 Å². The number of hydrogen-bond donors (Lipinski definition) is 1. The standard InChI is InChI=1S/C13H17ClN2S/c1-13(2,7-8-14)15-9-12-16-10-5-3-4-6-11(10)17-12/h3-6,15H,7-9H2,1-2H3. The highest BCUT2D eigenvalue weighted by molar-refractivity contribution is 7.18. The Morgan fingerprint density at radius 1 is 1.35 bits per heavy atom. The highest BCUT2D eigenvalue weighted by Crippen LogP contribution is 2.22. The maximum absolute atomic E-state index is 5.78. The quantitative estimate of drug-likeness (QED) is 0.835. The fourth-order valence-electron chi connectivity index (χ4n) is 1.64. The zero-order valence-corrected chi connectivity index (χ0v) is 11.7. The minimum absolute atomic E-state index is 0.0691. The lowest BCUT2D eigenvalue weighted by Gasteiger charge is -2.24. The summed E-state index contributed by atoms with van der Waals surface area (Å²) in [4.78, 5) is 4.60. The molecule has 0 amide bonds. The van der Waals surface area contributed by atoms with Crippen molar-refractivity contribution < 1.29 is 0 Å². The number of para-hydroxylation sites is 1. The molecule has 1 aromatic heterocycles. The van der Waals surface area contributed by atoms with E-state index in [2.05, 4.69) is 42.3 Å². The zero-order valence-electron chi connectivity index (χ0n) is 10.2. The Bertz CT molecular complexity index is 460. The van der Waals surface area contributed by atoms with Crippen molar-refractivity contribution in [2.75, 3.05) is 5.88 Å². The molecule has 0 aliphatic carbocycles. The van der Waals surface area contributed by atoms with E-state index in [1.54, 1.807) is 11.3 Å². The Kier molecular flexibility index (Phi) is 4.02. The maximum Gasteiger partial charge on any atom is 0.108 e. The second-order valence-electron chi connectivity index (χ2n) is 4.75. The molecule has 1 aromatic carbocycles. The van der Waals surface area contributed by atoms with Gasteiger partial charge in [0.1, 0.15) is 5.01 Å². The number of nitrogens with one attached hydrogen (secondary N) is 1. The summed E-state index contributed by atoms with van der Waals surface area (Å²) in [5.41, 5.74) is 1.16. The molecule has 1 heterocycles. The van der Waals surface area contributed by atoms with Gasteiger partial charge < -0.3 is 5.32 Å². The van der Waals surface area contributed by atoms with E-state index in [4.69, 9.17) is 11.6 Å². The molecule has 0 aliphatic rings. The first-order chi connectivity index (χ1) is 8.11. The highest BCUT2D eigenvalue weighted by Gasteiger charge is 2.16. The number of fused-ring (bicyclic) bond motifs is 1. The summed E-state index contributed by atoms with van der Waals surface area (Å²) < 4.78 is 1.25. The van der Waals surface area contributed by atoms with E-state index in [-0.39, 0.29) is 5.54 Å². The SMILES string of the molecule is CC(C)(CCCl)NCc1nc2ccccc2s1. The third-order valence-corrected chi connectivity index (χ3v) is 4.00. The number of thiazole rings is 1.